The first kappa shape index (κ1) is 9.27. The second kappa shape index (κ2) is 3.56. The monoisotopic (exact) mass is 212 g/mol. The van der Waals surface area contributed by atoms with E-state index >= 15 is 0 Å². The van der Waals surface area contributed by atoms with E-state index < -0.39 is 0 Å². The van der Waals surface area contributed by atoms with Gasteiger partial charge in [-0.3, -0.25) is 4.98 Å². The van der Waals surface area contributed by atoms with Crippen LogP contribution < -0.4 is 5.73 Å². The van der Waals surface area contributed by atoms with E-state index in [4.69, 9.17) is 5.73 Å². The summed E-state index contributed by atoms with van der Waals surface area (Å²) in [7, 11) is 0. The number of aryl methyl sites for hydroxylation is 1. The van der Waals surface area contributed by atoms with Crippen LogP contribution in [-0.4, -0.2) is 15.0 Å². The quantitative estimate of drug-likeness (QED) is 0.778. The van der Waals surface area contributed by atoms with Crippen LogP contribution in [0.4, 0.5) is 5.95 Å². The van der Waals surface area contributed by atoms with Gasteiger partial charge in [-0.25, -0.2) is 9.97 Å². The van der Waals surface area contributed by atoms with Crippen LogP contribution in [0, 0.1) is 0 Å². The largest absolute Gasteiger partial charge is 0.368 e. The molecule has 2 N–H and O–H groups in total. The molecule has 0 aromatic carbocycles. The highest BCUT2D eigenvalue weighted by molar-refractivity contribution is 5.35. The minimum atomic E-state index is 0.279. The molecule has 0 fully saturated rings. The Hall–Kier alpha value is -1.97. The van der Waals surface area contributed by atoms with Crippen LogP contribution in [0.1, 0.15) is 29.3 Å². The Kier molecular flexibility index (Phi) is 2.06. The normalized spacial score (nSPS) is 18.4. The summed E-state index contributed by atoms with van der Waals surface area (Å²) in [5.74, 6) is 0.614. The molecule has 4 nitrogen and oxygen atoms in total. The lowest BCUT2D eigenvalue weighted by Gasteiger charge is -2.09. The summed E-state index contributed by atoms with van der Waals surface area (Å²) in [6.07, 6.45) is 5.67. The average molecular weight is 212 g/mol. The molecule has 2 aromatic heterocycles. The minimum Gasteiger partial charge on any atom is -0.368 e. The van der Waals surface area contributed by atoms with Crippen molar-refractivity contribution in [2.24, 2.45) is 0 Å². The Bertz CT molecular complexity index is 524. The zero-order valence-electron chi connectivity index (χ0n) is 8.80. The molecule has 0 aliphatic heterocycles. The van der Waals surface area contributed by atoms with Gasteiger partial charge in [-0.1, -0.05) is 6.07 Å². The Balaban J connectivity index is 2.05. The summed E-state index contributed by atoms with van der Waals surface area (Å²) in [5.41, 5.74) is 9.04. The topological polar surface area (TPSA) is 64.7 Å². The molecule has 0 amide bonds. The van der Waals surface area contributed by atoms with Gasteiger partial charge in [0.05, 0.1) is 11.4 Å². The van der Waals surface area contributed by atoms with Gasteiger partial charge < -0.3 is 5.73 Å². The first-order valence-electron chi connectivity index (χ1n) is 5.37. The second-order valence-corrected chi connectivity index (χ2v) is 3.98. The molecule has 0 radical (unpaired) electrons. The van der Waals surface area contributed by atoms with Crippen LogP contribution in [0.15, 0.2) is 30.6 Å². The highest BCUT2D eigenvalue weighted by Gasteiger charge is 2.26. The van der Waals surface area contributed by atoms with Gasteiger partial charge in [-0.05, 0) is 30.5 Å². The summed E-state index contributed by atoms with van der Waals surface area (Å²) in [5, 5.41) is 0. The minimum absolute atomic E-state index is 0.279. The van der Waals surface area contributed by atoms with Crippen molar-refractivity contribution in [2.75, 3.05) is 5.73 Å². The van der Waals surface area contributed by atoms with Gasteiger partial charge in [-0.15, -0.1) is 0 Å². The van der Waals surface area contributed by atoms with Crippen LogP contribution >= 0.6 is 0 Å². The molecule has 2 aromatic rings. The van der Waals surface area contributed by atoms with Crippen molar-refractivity contribution >= 4 is 5.95 Å². The van der Waals surface area contributed by atoms with Gasteiger partial charge in [-0.2, -0.15) is 0 Å². The van der Waals surface area contributed by atoms with E-state index in [1.54, 1.807) is 6.20 Å². The lowest BCUT2D eigenvalue weighted by atomic mass is 10.0. The molecule has 0 saturated carbocycles. The van der Waals surface area contributed by atoms with Crippen molar-refractivity contribution < 1.29 is 0 Å². The molecule has 2 heterocycles. The molecular weight excluding hydrogens is 200 g/mol. The predicted molar refractivity (Wildman–Crippen MR) is 60.8 cm³/mol. The average Bonchev–Trinajstić information content (AvgIpc) is 2.72. The van der Waals surface area contributed by atoms with Gasteiger partial charge >= 0.3 is 0 Å². The molecule has 3 rings (SSSR count). The van der Waals surface area contributed by atoms with E-state index in [1.165, 1.54) is 5.56 Å². The first-order valence-corrected chi connectivity index (χ1v) is 5.37. The number of nitrogens with zero attached hydrogens (tertiary/aromatic N) is 3. The van der Waals surface area contributed by atoms with Crippen molar-refractivity contribution in [3.8, 4) is 0 Å². The number of pyridine rings is 1. The molecule has 1 aliphatic carbocycles. The summed E-state index contributed by atoms with van der Waals surface area (Å²) >= 11 is 0. The number of aromatic nitrogens is 3. The van der Waals surface area contributed by atoms with Crippen molar-refractivity contribution in [1.29, 1.82) is 0 Å². The SMILES string of the molecule is Nc1nccc(C2CCc3cccnc32)n1. The maximum absolute atomic E-state index is 5.60. The molecule has 80 valence electrons. The maximum atomic E-state index is 5.60. The third-order valence-corrected chi connectivity index (χ3v) is 3.01. The molecule has 0 saturated heterocycles. The third kappa shape index (κ3) is 1.43. The zero-order valence-corrected chi connectivity index (χ0v) is 8.80. The van der Waals surface area contributed by atoms with E-state index in [0.29, 0.717) is 5.95 Å². The lowest BCUT2D eigenvalue weighted by Crippen LogP contribution is -2.04. The first-order chi connectivity index (χ1) is 7.84. The number of rotatable bonds is 1. The van der Waals surface area contributed by atoms with Crippen molar-refractivity contribution in [3.63, 3.8) is 0 Å². The van der Waals surface area contributed by atoms with Crippen molar-refractivity contribution in [3.05, 3.63) is 47.5 Å². The number of fused-ring (bicyclic) bond motifs is 1. The second-order valence-electron chi connectivity index (χ2n) is 3.98. The molecule has 1 unspecified atom stereocenters. The van der Waals surface area contributed by atoms with Crippen LogP contribution in [0.2, 0.25) is 0 Å². The van der Waals surface area contributed by atoms with Crippen LogP contribution in [0.25, 0.3) is 0 Å². The Morgan fingerprint density at radius 3 is 3.00 bits per heavy atom. The van der Waals surface area contributed by atoms with Crippen molar-refractivity contribution in [2.45, 2.75) is 18.8 Å². The highest BCUT2D eigenvalue weighted by Crippen LogP contribution is 2.35. The van der Waals surface area contributed by atoms with Crippen LogP contribution in [-0.2, 0) is 6.42 Å². The van der Waals surface area contributed by atoms with E-state index in [0.717, 1.165) is 24.2 Å². The number of hydrogen-bond donors (Lipinski definition) is 1. The Morgan fingerprint density at radius 1 is 1.19 bits per heavy atom. The number of hydrogen-bond acceptors (Lipinski definition) is 4. The van der Waals surface area contributed by atoms with Gasteiger partial charge in [0.25, 0.3) is 0 Å². The molecule has 1 aliphatic rings. The third-order valence-electron chi connectivity index (χ3n) is 3.01. The summed E-state index contributed by atoms with van der Waals surface area (Å²) in [6.45, 7) is 0. The van der Waals surface area contributed by atoms with Gasteiger partial charge in [0.2, 0.25) is 5.95 Å². The number of nitrogen functional groups attached to an aromatic ring is 1. The van der Waals surface area contributed by atoms with E-state index in [-0.39, 0.29) is 5.92 Å². The molecule has 4 heteroatoms. The fraction of sp³-hybridized carbons (Fsp3) is 0.250. The molecule has 1 atom stereocenters. The Labute approximate surface area is 93.6 Å². The molecule has 0 bridgehead atoms. The zero-order chi connectivity index (χ0) is 11.0. The fourth-order valence-electron chi connectivity index (χ4n) is 2.28. The van der Waals surface area contributed by atoms with E-state index in [2.05, 4.69) is 21.0 Å². The van der Waals surface area contributed by atoms with E-state index in [1.807, 2.05) is 18.3 Å². The van der Waals surface area contributed by atoms with Crippen LogP contribution in [0.5, 0.6) is 0 Å². The smallest absolute Gasteiger partial charge is 0.220 e. The van der Waals surface area contributed by atoms with Gasteiger partial charge in [0.1, 0.15) is 0 Å². The van der Waals surface area contributed by atoms with Gasteiger partial charge in [0.15, 0.2) is 0 Å². The fourth-order valence-corrected chi connectivity index (χ4v) is 2.28. The van der Waals surface area contributed by atoms with E-state index in [9.17, 15) is 0 Å². The maximum Gasteiger partial charge on any atom is 0.220 e. The van der Waals surface area contributed by atoms with Crippen LogP contribution in [0.3, 0.4) is 0 Å². The number of nitrogens with two attached hydrogens (primary N) is 1. The summed E-state index contributed by atoms with van der Waals surface area (Å²) < 4.78 is 0. The Morgan fingerprint density at radius 2 is 2.12 bits per heavy atom. The molecular formula is C12H12N4. The summed E-state index contributed by atoms with van der Waals surface area (Å²) in [4.78, 5) is 12.6. The predicted octanol–water partition coefficient (Wildman–Crippen LogP) is 1.53. The van der Waals surface area contributed by atoms with Crippen molar-refractivity contribution in [1.82, 2.24) is 15.0 Å². The highest BCUT2D eigenvalue weighted by atomic mass is 15.0. The molecule has 16 heavy (non-hydrogen) atoms. The molecule has 0 spiro atoms. The van der Waals surface area contributed by atoms with Gasteiger partial charge in [0, 0.05) is 18.3 Å². The number of anilines is 1. The lowest BCUT2D eigenvalue weighted by molar-refractivity contribution is 0.744. The summed E-state index contributed by atoms with van der Waals surface area (Å²) in [6, 6.07) is 6.03. The standard InChI is InChI=1S/C12H12N4/c13-12-15-7-5-10(16-12)9-4-3-8-2-1-6-14-11(8)9/h1-2,5-7,9H,3-4H2,(H2,13,15,16).